The summed E-state index contributed by atoms with van der Waals surface area (Å²) in [6.45, 7) is 5.32. The summed E-state index contributed by atoms with van der Waals surface area (Å²) in [5, 5.41) is 6.77. The minimum absolute atomic E-state index is 0. The molecule has 2 N–H and O–H groups in total. The van der Waals surface area contributed by atoms with E-state index in [4.69, 9.17) is 0 Å². The number of hydrogen-bond acceptors (Lipinski definition) is 3. The van der Waals surface area contributed by atoms with Crippen LogP contribution >= 0.6 is 12.4 Å². The average molecular weight is 344 g/mol. The Morgan fingerprint density at radius 1 is 1.17 bits per heavy atom. The van der Waals surface area contributed by atoms with Gasteiger partial charge in [0, 0.05) is 43.6 Å². The number of piperidine rings is 1. The number of nitrogens with zero attached hydrogens (tertiary/aromatic N) is 1. The third-order valence-corrected chi connectivity index (χ3v) is 5.40. The lowest BCUT2D eigenvalue weighted by molar-refractivity contribution is -0.133. The molecule has 0 spiro atoms. The molecular weight excluding hydrogens is 314 g/mol. The van der Waals surface area contributed by atoms with Crippen molar-refractivity contribution in [1.29, 1.82) is 0 Å². The highest BCUT2D eigenvalue weighted by molar-refractivity contribution is 5.85. The van der Waals surface area contributed by atoms with Gasteiger partial charge in [0.15, 0.2) is 0 Å². The van der Waals surface area contributed by atoms with Crippen molar-refractivity contribution in [2.45, 2.75) is 70.5 Å². The van der Waals surface area contributed by atoms with Crippen molar-refractivity contribution < 1.29 is 9.59 Å². The molecule has 23 heavy (non-hydrogen) atoms. The highest BCUT2D eigenvalue weighted by atomic mass is 35.5. The van der Waals surface area contributed by atoms with Crippen molar-refractivity contribution in [1.82, 2.24) is 15.5 Å². The molecule has 3 aliphatic rings. The smallest absolute Gasteiger partial charge is 0.225 e. The largest absolute Gasteiger partial charge is 0.352 e. The highest BCUT2D eigenvalue weighted by Crippen LogP contribution is 2.32. The van der Waals surface area contributed by atoms with Crippen LogP contribution in [0, 0.1) is 11.8 Å². The second-order valence-electron chi connectivity index (χ2n) is 7.67. The van der Waals surface area contributed by atoms with E-state index in [0.717, 1.165) is 25.8 Å². The number of rotatable bonds is 4. The predicted octanol–water partition coefficient (Wildman–Crippen LogP) is 1.70. The molecule has 2 amide bonds. The van der Waals surface area contributed by atoms with Crippen LogP contribution in [0.25, 0.3) is 0 Å². The molecule has 0 aromatic rings. The molecule has 0 aromatic heterocycles. The molecule has 2 bridgehead atoms. The van der Waals surface area contributed by atoms with Crippen molar-refractivity contribution in [2.24, 2.45) is 11.8 Å². The molecule has 3 aliphatic heterocycles. The Hall–Kier alpha value is -0.810. The highest BCUT2D eigenvalue weighted by Gasteiger charge is 2.35. The average Bonchev–Trinajstić information content (AvgIpc) is 3.04. The monoisotopic (exact) mass is 343 g/mol. The normalized spacial score (nSPS) is 32.7. The number of carbonyl (C=O) groups is 2. The lowest BCUT2D eigenvalue weighted by Crippen LogP contribution is -2.42. The summed E-state index contributed by atoms with van der Waals surface area (Å²) >= 11 is 0. The predicted molar refractivity (Wildman–Crippen MR) is 92.5 cm³/mol. The van der Waals surface area contributed by atoms with Crippen LogP contribution in [0.3, 0.4) is 0 Å². The number of amides is 2. The van der Waals surface area contributed by atoms with Crippen LogP contribution in [-0.4, -0.2) is 47.9 Å². The van der Waals surface area contributed by atoms with E-state index in [1.54, 1.807) is 0 Å². The van der Waals surface area contributed by atoms with Gasteiger partial charge in [0.25, 0.3) is 0 Å². The van der Waals surface area contributed by atoms with E-state index in [0.29, 0.717) is 31.0 Å². The van der Waals surface area contributed by atoms with Gasteiger partial charge in [0.1, 0.15) is 0 Å². The zero-order chi connectivity index (χ0) is 15.7. The molecule has 3 atom stereocenters. The van der Waals surface area contributed by atoms with Crippen LogP contribution in [0.4, 0.5) is 0 Å². The van der Waals surface area contributed by atoms with Gasteiger partial charge in [-0.25, -0.2) is 0 Å². The fourth-order valence-electron chi connectivity index (χ4n) is 4.33. The molecule has 0 radical (unpaired) electrons. The van der Waals surface area contributed by atoms with Gasteiger partial charge in [-0.3, -0.25) is 9.59 Å². The number of carbonyl (C=O) groups excluding carboxylic acids is 2. The summed E-state index contributed by atoms with van der Waals surface area (Å²) in [6, 6.07) is 1.43. The number of likely N-dealkylation sites (tertiary alicyclic amines) is 1. The standard InChI is InChI=1S/C17H29N3O2.ClH/c1-11(2)17(22)20-6-5-15(10-20)19-16(21)9-12-7-13-3-4-14(8-12)18-13;/h11-15,18H,3-10H2,1-2H3,(H,19,21);1H. The lowest BCUT2D eigenvalue weighted by Gasteiger charge is -2.29. The number of halogens is 1. The van der Waals surface area contributed by atoms with Crippen LogP contribution in [0.15, 0.2) is 0 Å². The second kappa shape index (κ2) is 7.84. The van der Waals surface area contributed by atoms with Gasteiger partial charge in [-0.15, -0.1) is 12.4 Å². The zero-order valence-corrected chi connectivity index (χ0v) is 15.0. The van der Waals surface area contributed by atoms with Gasteiger partial charge in [-0.05, 0) is 38.0 Å². The van der Waals surface area contributed by atoms with E-state index in [2.05, 4.69) is 10.6 Å². The molecule has 0 aliphatic carbocycles. The maximum atomic E-state index is 12.3. The van der Waals surface area contributed by atoms with E-state index in [1.165, 1.54) is 12.8 Å². The van der Waals surface area contributed by atoms with Crippen molar-refractivity contribution in [3.05, 3.63) is 0 Å². The van der Waals surface area contributed by atoms with Crippen LogP contribution in [0.1, 0.15) is 52.4 Å². The SMILES string of the molecule is CC(C)C(=O)N1CCC(NC(=O)CC2CC3CCC(C2)N3)C1.Cl. The first-order chi connectivity index (χ1) is 10.5. The van der Waals surface area contributed by atoms with Crippen molar-refractivity contribution in [3.63, 3.8) is 0 Å². The molecule has 5 nitrogen and oxygen atoms in total. The summed E-state index contributed by atoms with van der Waals surface area (Å²) in [5.41, 5.74) is 0. The molecule has 132 valence electrons. The Labute approximate surface area is 145 Å². The molecule has 0 aromatic carbocycles. The molecule has 3 saturated heterocycles. The molecule has 3 fully saturated rings. The number of nitrogens with one attached hydrogen (secondary N) is 2. The fourth-order valence-corrected chi connectivity index (χ4v) is 4.33. The van der Waals surface area contributed by atoms with Crippen LogP contribution in [0.2, 0.25) is 0 Å². The van der Waals surface area contributed by atoms with Gasteiger partial charge in [0.2, 0.25) is 11.8 Å². The van der Waals surface area contributed by atoms with E-state index in [9.17, 15) is 9.59 Å². The van der Waals surface area contributed by atoms with Crippen molar-refractivity contribution >= 4 is 24.2 Å². The number of fused-ring (bicyclic) bond motifs is 2. The van der Waals surface area contributed by atoms with Gasteiger partial charge in [-0.1, -0.05) is 13.8 Å². The Morgan fingerprint density at radius 3 is 2.43 bits per heavy atom. The summed E-state index contributed by atoms with van der Waals surface area (Å²) in [4.78, 5) is 26.1. The molecule has 3 rings (SSSR count). The van der Waals surface area contributed by atoms with E-state index >= 15 is 0 Å². The van der Waals surface area contributed by atoms with Gasteiger partial charge in [-0.2, -0.15) is 0 Å². The molecule has 3 heterocycles. The van der Waals surface area contributed by atoms with Crippen molar-refractivity contribution in [3.8, 4) is 0 Å². The number of hydrogen-bond donors (Lipinski definition) is 2. The Morgan fingerprint density at radius 2 is 1.83 bits per heavy atom. The first kappa shape index (κ1) is 18.5. The maximum absolute atomic E-state index is 12.3. The molecular formula is C17H30ClN3O2. The summed E-state index contributed by atoms with van der Waals surface area (Å²) in [6.07, 6.45) is 6.39. The third kappa shape index (κ3) is 4.60. The lowest BCUT2D eigenvalue weighted by atomic mass is 9.89. The first-order valence-electron chi connectivity index (χ1n) is 8.85. The molecule has 0 saturated carbocycles. The maximum Gasteiger partial charge on any atom is 0.225 e. The minimum atomic E-state index is 0. The minimum Gasteiger partial charge on any atom is -0.352 e. The zero-order valence-electron chi connectivity index (χ0n) is 14.2. The fraction of sp³-hybridized carbons (Fsp3) is 0.882. The molecule has 6 heteroatoms. The van der Waals surface area contributed by atoms with Crippen LogP contribution < -0.4 is 10.6 Å². The van der Waals surface area contributed by atoms with Crippen molar-refractivity contribution in [2.75, 3.05) is 13.1 Å². The summed E-state index contributed by atoms with van der Waals surface area (Å²) < 4.78 is 0. The molecule has 3 unspecified atom stereocenters. The third-order valence-electron chi connectivity index (χ3n) is 5.40. The van der Waals surface area contributed by atoms with Crippen LogP contribution in [0.5, 0.6) is 0 Å². The Kier molecular flexibility index (Phi) is 6.32. The second-order valence-corrected chi connectivity index (χ2v) is 7.67. The van der Waals surface area contributed by atoms with Gasteiger partial charge in [0.05, 0.1) is 0 Å². The van der Waals surface area contributed by atoms with Crippen LogP contribution in [-0.2, 0) is 9.59 Å². The first-order valence-corrected chi connectivity index (χ1v) is 8.85. The summed E-state index contributed by atoms with van der Waals surface area (Å²) in [7, 11) is 0. The van der Waals surface area contributed by atoms with Gasteiger partial charge < -0.3 is 15.5 Å². The quantitative estimate of drug-likeness (QED) is 0.816. The summed E-state index contributed by atoms with van der Waals surface area (Å²) in [5.74, 6) is 0.954. The topological polar surface area (TPSA) is 61.4 Å². The Bertz CT molecular complexity index is 432. The van der Waals surface area contributed by atoms with Gasteiger partial charge >= 0.3 is 0 Å². The van der Waals surface area contributed by atoms with E-state index in [1.807, 2.05) is 18.7 Å². The van der Waals surface area contributed by atoms with E-state index in [-0.39, 0.29) is 36.2 Å². The van der Waals surface area contributed by atoms with E-state index < -0.39 is 0 Å². The Balaban J connectivity index is 0.00000192.